The predicted molar refractivity (Wildman–Crippen MR) is 87.9 cm³/mol. The van der Waals surface area contributed by atoms with Crippen molar-refractivity contribution < 1.29 is 14.3 Å². The Balaban J connectivity index is 2.10. The second-order valence-electron chi connectivity index (χ2n) is 5.01. The van der Waals surface area contributed by atoms with E-state index in [1.807, 2.05) is 6.92 Å². The summed E-state index contributed by atoms with van der Waals surface area (Å²) in [5.74, 6) is -1.18. The summed E-state index contributed by atoms with van der Waals surface area (Å²) in [6, 6.07) is 10.9. The number of aromatic hydroxyl groups is 1. The van der Waals surface area contributed by atoms with Crippen LogP contribution in [0.5, 0.6) is 5.75 Å². The highest BCUT2D eigenvalue weighted by Crippen LogP contribution is 2.39. The zero-order chi connectivity index (χ0) is 16.6. The Hall–Kier alpha value is -2.73. The number of thiazole rings is 1. The molecule has 0 fully saturated rings. The molecule has 6 heteroatoms. The SMILES string of the molecule is Cc1nc(-c2cccc(C(N)=O)c2O)sc1-c1ccc(F)cc1. The Kier molecular flexibility index (Phi) is 3.83. The fourth-order valence-electron chi connectivity index (χ4n) is 2.30. The maximum Gasteiger partial charge on any atom is 0.252 e. The van der Waals surface area contributed by atoms with Gasteiger partial charge >= 0.3 is 0 Å². The average molecular weight is 328 g/mol. The number of aromatic nitrogens is 1. The van der Waals surface area contributed by atoms with E-state index in [-0.39, 0.29) is 17.1 Å². The number of rotatable bonds is 3. The van der Waals surface area contributed by atoms with Crippen molar-refractivity contribution in [2.45, 2.75) is 6.92 Å². The number of para-hydroxylation sites is 1. The fraction of sp³-hybridized carbons (Fsp3) is 0.0588. The summed E-state index contributed by atoms with van der Waals surface area (Å²) in [6.45, 7) is 1.84. The quantitative estimate of drug-likeness (QED) is 0.769. The number of halogens is 1. The lowest BCUT2D eigenvalue weighted by Crippen LogP contribution is -2.11. The molecular formula is C17H13FN2O2S. The van der Waals surface area contributed by atoms with Gasteiger partial charge in [-0.2, -0.15) is 0 Å². The fourth-order valence-corrected chi connectivity index (χ4v) is 3.39. The van der Waals surface area contributed by atoms with Crippen molar-refractivity contribution in [2.75, 3.05) is 0 Å². The number of hydrogen-bond donors (Lipinski definition) is 2. The van der Waals surface area contributed by atoms with Crippen LogP contribution >= 0.6 is 11.3 Å². The second kappa shape index (κ2) is 5.81. The summed E-state index contributed by atoms with van der Waals surface area (Å²) in [7, 11) is 0. The van der Waals surface area contributed by atoms with Crippen molar-refractivity contribution >= 4 is 17.2 Å². The molecule has 0 saturated heterocycles. The van der Waals surface area contributed by atoms with Crippen molar-refractivity contribution in [3.63, 3.8) is 0 Å². The minimum atomic E-state index is -0.698. The molecule has 0 atom stereocenters. The first-order valence-corrected chi connectivity index (χ1v) is 7.64. The Morgan fingerprint density at radius 2 is 1.91 bits per heavy atom. The first kappa shape index (κ1) is 15.2. The zero-order valence-corrected chi connectivity index (χ0v) is 13.0. The third-order valence-electron chi connectivity index (χ3n) is 3.43. The van der Waals surface area contributed by atoms with E-state index < -0.39 is 5.91 Å². The Morgan fingerprint density at radius 1 is 1.22 bits per heavy atom. The molecule has 0 aliphatic heterocycles. The number of aryl methyl sites for hydroxylation is 1. The number of amides is 1. The zero-order valence-electron chi connectivity index (χ0n) is 12.2. The van der Waals surface area contributed by atoms with Crippen LogP contribution in [0.15, 0.2) is 42.5 Å². The molecule has 0 aliphatic rings. The smallest absolute Gasteiger partial charge is 0.252 e. The van der Waals surface area contributed by atoms with Crippen LogP contribution < -0.4 is 5.73 Å². The molecular weight excluding hydrogens is 315 g/mol. The van der Waals surface area contributed by atoms with Gasteiger partial charge in [0.15, 0.2) is 0 Å². The van der Waals surface area contributed by atoms with Gasteiger partial charge < -0.3 is 10.8 Å². The van der Waals surface area contributed by atoms with E-state index in [0.717, 1.165) is 16.1 Å². The molecule has 1 heterocycles. The monoisotopic (exact) mass is 328 g/mol. The average Bonchev–Trinajstić information content (AvgIpc) is 2.89. The topological polar surface area (TPSA) is 76.2 Å². The van der Waals surface area contributed by atoms with E-state index in [4.69, 9.17) is 5.73 Å². The molecule has 3 rings (SSSR count). The molecule has 23 heavy (non-hydrogen) atoms. The van der Waals surface area contributed by atoms with Gasteiger partial charge in [0.05, 0.1) is 21.7 Å². The number of primary amides is 1. The largest absolute Gasteiger partial charge is 0.506 e. The van der Waals surface area contributed by atoms with Gasteiger partial charge in [0.2, 0.25) is 0 Å². The van der Waals surface area contributed by atoms with Crippen LogP contribution in [0.4, 0.5) is 4.39 Å². The van der Waals surface area contributed by atoms with Crippen molar-refractivity contribution in [2.24, 2.45) is 5.73 Å². The lowest BCUT2D eigenvalue weighted by molar-refractivity contribution is 0.0998. The number of nitrogens with two attached hydrogens (primary N) is 1. The van der Waals surface area contributed by atoms with Crippen molar-refractivity contribution in [1.29, 1.82) is 0 Å². The normalized spacial score (nSPS) is 10.7. The van der Waals surface area contributed by atoms with Crippen LogP contribution in [0, 0.1) is 12.7 Å². The highest BCUT2D eigenvalue weighted by Gasteiger charge is 2.17. The Morgan fingerprint density at radius 3 is 2.57 bits per heavy atom. The van der Waals surface area contributed by atoms with E-state index in [2.05, 4.69) is 4.98 Å². The number of benzene rings is 2. The molecule has 0 aliphatic carbocycles. The maximum absolute atomic E-state index is 13.1. The van der Waals surface area contributed by atoms with E-state index >= 15 is 0 Å². The highest BCUT2D eigenvalue weighted by atomic mass is 32.1. The lowest BCUT2D eigenvalue weighted by Gasteiger charge is -2.04. The minimum absolute atomic E-state index is 0.0543. The third kappa shape index (κ3) is 2.80. The second-order valence-corrected chi connectivity index (χ2v) is 6.01. The Bertz CT molecular complexity index is 888. The van der Waals surface area contributed by atoms with Crippen molar-refractivity contribution in [1.82, 2.24) is 4.98 Å². The van der Waals surface area contributed by atoms with E-state index in [9.17, 15) is 14.3 Å². The molecule has 3 N–H and O–H groups in total. The number of nitrogens with zero attached hydrogens (tertiary/aromatic N) is 1. The van der Waals surface area contributed by atoms with E-state index in [1.54, 1.807) is 24.3 Å². The molecule has 0 saturated carbocycles. The molecule has 4 nitrogen and oxygen atoms in total. The first-order chi connectivity index (χ1) is 11.0. The van der Waals surface area contributed by atoms with Gasteiger partial charge in [0, 0.05) is 0 Å². The van der Waals surface area contributed by atoms with Gasteiger partial charge in [0.1, 0.15) is 16.6 Å². The molecule has 0 radical (unpaired) electrons. The van der Waals surface area contributed by atoms with Gasteiger partial charge in [-0.05, 0) is 36.8 Å². The number of carbonyl (C=O) groups excluding carboxylic acids is 1. The van der Waals surface area contributed by atoms with Crippen LogP contribution in [0.25, 0.3) is 21.0 Å². The standard InChI is InChI=1S/C17H13FN2O2S/c1-9-15(10-5-7-11(18)8-6-10)23-17(20-9)13-4-2-3-12(14(13)21)16(19)22/h2-8,21H,1H3,(H2,19,22). The Labute approximate surface area is 136 Å². The number of carbonyl (C=O) groups is 1. The summed E-state index contributed by atoms with van der Waals surface area (Å²) < 4.78 is 13.1. The lowest BCUT2D eigenvalue weighted by atomic mass is 10.1. The first-order valence-electron chi connectivity index (χ1n) is 6.83. The molecule has 2 aromatic carbocycles. The predicted octanol–water partition coefficient (Wildman–Crippen LogP) is 3.73. The molecule has 1 aromatic heterocycles. The molecule has 116 valence electrons. The van der Waals surface area contributed by atoms with Gasteiger partial charge in [-0.15, -0.1) is 11.3 Å². The molecule has 3 aromatic rings. The summed E-state index contributed by atoms with van der Waals surface area (Å²) in [6.07, 6.45) is 0. The van der Waals surface area contributed by atoms with Crippen LogP contribution in [0.3, 0.4) is 0 Å². The summed E-state index contributed by atoms with van der Waals surface area (Å²) in [4.78, 5) is 16.7. The number of hydrogen-bond acceptors (Lipinski definition) is 4. The van der Waals surface area contributed by atoms with E-state index in [1.165, 1.54) is 29.5 Å². The molecule has 0 spiro atoms. The van der Waals surface area contributed by atoms with Crippen LogP contribution in [0.2, 0.25) is 0 Å². The highest BCUT2D eigenvalue weighted by molar-refractivity contribution is 7.18. The third-order valence-corrected chi connectivity index (χ3v) is 4.67. The number of phenols is 1. The van der Waals surface area contributed by atoms with Gasteiger partial charge in [-0.25, -0.2) is 9.37 Å². The summed E-state index contributed by atoms with van der Waals surface area (Å²) >= 11 is 1.36. The summed E-state index contributed by atoms with van der Waals surface area (Å²) in [5.41, 5.74) is 7.36. The van der Waals surface area contributed by atoms with Crippen LogP contribution in [0.1, 0.15) is 16.1 Å². The maximum atomic E-state index is 13.1. The van der Waals surface area contributed by atoms with Crippen LogP contribution in [-0.4, -0.2) is 16.0 Å². The van der Waals surface area contributed by atoms with E-state index in [0.29, 0.717) is 10.6 Å². The van der Waals surface area contributed by atoms with Gasteiger partial charge in [0.25, 0.3) is 5.91 Å². The minimum Gasteiger partial charge on any atom is -0.506 e. The van der Waals surface area contributed by atoms with Crippen molar-refractivity contribution in [3.8, 4) is 26.8 Å². The molecule has 0 unspecified atom stereocenters. The van der Waals surface area contributed by atoms with Crippen molar-refractivity contribution in [3.05, 3.63) is 59.5 Å². The van der Waals surface area contributed by atoms with Crippen LogP contribution in [-0.2, 0) is 0 Å². The molecule has 0 bridgehead atoms. The molecule has 1 amide bonds. The van der Waals surface area contributed by atoms with Gasteiger partial charge in [-0.1, -0.05) is 18.2 Å². The van der Waals surface area contributed by atoms with Gasteiger partial charge in [-0.3, -0.25) is 4.79 Å². The summed E-state index contributed by atoms with van der Waals surface area (Å²) in [5, 5.41) is 10.8.